The smallest absolute Gasteiger partial charge is 0.295 e. The Morgan fingerprint density at radius 2 is 1.85 bits per heavy atom. The quantitative estimate of drug-likeness (QED) is 0.585. The van der Waals surface area contributed by atoms with Gasteiger partial charge < -0.3 is 10.4 Å². The molecule has 0 atom stereocenters. The van der Waals surface area contributed by atoms with E-state index in [9.17, 15) is 9.90 Å². The Morgan fingerprint density at radius 1 is 1.07 bits per heavy atom. The standard InChI is InChI=1S/C21H20N4O2/c1-14-19(21(27)25(24(14)2)16-7-4-3-5-8-16)23-13-15-10-11-18(26)20-17(15)9-6-12-22-20/h3-12,23,26H,13H2,1-2H3. The highest BCUT2D eigenvalue weighted by Crippen LogP contribution is 2.26. The molecule has 0 aliphatic carbocycles. The Morgan fingerprint density at radius 3 is 2.63 bits per heavy atom. The minimum Gasteiger partial charge on any atom is -0.506 e. The molecular formula is C21H20N4O2. The van der Waals surface area contributed by atoms with Crippen molar-refractivity contribution in [3.63, 3.8) is 0 Å². The first kappa shape index (κ1) is 16.9. The van der Waals surface area contributed by atoms with Gasteiger partial charge in [-0.1, -0.05) is 30.3 Å². The second kappa shape index (κ2) is 6.64. The average molecular weight is 360 g/mol. The number of nitrogens with zero attached hydrogens (tertiary/aromatic N) is 3. The third-order valence-electron chi connectivity index (χ3n) is 4.85. The van der Waals surface area contributed by atoms with Gasteiger partial charge in [0.25, 0.3) is 5.56 Å². The van der Waals surface area contributed by atoms with Crippen LogP contribution in [0.4, 0.5) is 5.69 Å². The zero-order valence-electron chi connectivity index (χ0n) is 15.2. The molecule has 0 amide bonds. The molecule has 2 heterocycles. The number of aromatic hydroxyl groups is 1. The number of hydrogen-bond acceptors (Lipinski definition) is 4. The second-order valence-corrected chi connectivity index (χ2v) is 6.43. The molecule has 4 rings (SSSR count). The van der Waals surface area contributed by atoms with E-state index in [0.717, 1.165) is 22.3 Å². The molecule has 6 nitrogen and oxygen atoms in total. The van der Waals surface area contributed by atoms with Crippen LogP contribution in [0, 0.1) is 6.92 Å². The van der Waals surface area contributed by atoms with Gasteiger partial charge in [0.05, 0.1) is 11.4 Å². The number of para-hydroxylation sites is 1. The number of fused-ring (bicyclic) bond motifs is 1. The number of hydrogen-bond donors (Lipinski definition) is 2. The molecule has 0 saturated carbocycles. The largest absolute Gasteiger partial charge is 0.506 e. The van der Waals surface area contributed by atoms with Crippen LogP contribution in [0.25, 0.3) is 16.6 Å². The molecule has 0 saturated heterocycles. The third-order valence-corrected chi connectivity index (χ3v) is 4.85. The number of anilines is 1. The molecule has 0 radical (unpaired) electrons. The number of nitrogens with one attached hydrogen (secondary N) is 1. The molecular weight excluding hydrogens is 340 g/mol. The summed E-state index contributed by atoms with van der Waals surface area (Å²) in [6.45, 7) is 2.37. The lowest BCUT2D eigenvalue weighted by Gasteiger charge is -2.09. The summed E-state index contributed by atoms with van der Waals surface area (Å²) in [4.78, 5) is 17.2. The van der Waals surface area contributed by atoms with Gasteiger partial charge in [-0.2, -0.15) is 0 Å². The molecule has 6 heteroatoms. The van der Waals surface area contributed by atoms with Gasteiger partial charge in [0.2, 0.25) is 0 Å². The maximum atomic E-state index is 13.0. The van der Waals surface area contributed by atoms with Crippen molar-refractivity contribution in [1.29, 1.82) is 0 Å². The number of rotatable bonds is 4. The van der Waals surface area contributed by atoms with Crippen molar-refractivity contribution in [1.82, 2.24) is 14.3 Å². The highest BCUT2D eigenvalue weighted by atomic mass is 16.3. The van der Waals surface area contributed by atoms with Crippen molar-refractivity contribution in [3.8, 4) is 11.4 Å². The van der Waals surface area contributed by atoms with Crippen LogP contribution >= 0.6 is 0 Å². The Balaban J connectivity index is 1.71. The lowest BCUT2D eigenvalue weighted by atomic mass is 10.1. The molecule has 0 fully saturated rings. The van der Waals surface area contributed by atoms with Crippen molar-refractivity contribution in [3.05, 3.63) is 82.4 Å². The first-order valence-corrected chi connectivity index (χ1v) is 8.71. The van der Waals surface area contributed by atoms with E-state index in [2.05, 4.69) is 10.3 Å². The Bertz CT molecular complexity index is 1180. The van der Waals surface area contributed by atoms with Gasteiger partial charge in [0.1, 0.15) is 17.0 Å². The monoisotopic (exact) mass is 360 g/mol. The van der Waals surface area contributed by atoms with E-state index in [1.54, 1.807) is 16.9 Å². The maximum absolute atomic E-state index is 13.0. The molecule has 0 unspecified atom stereocenters. The Hall–Kier alpha value is -3.54. The molecule has 136 valence electrons. The summed E-state index contributed by atoms with van der Waals surface area (Å²) in [6.07, 6.45) is 1.65. The van der Waals surface area contributed by atoms with Gasteiger partial charge in [-0.05, 0) is 36.8 Å². The summed E-state index contributed by atoms with van der Waals surface area (Å²) in [7, 11) is 1.87. The normalized spacial score (nSPS) is 11.0. The predicted octanol–water partition coefficient (Wildman–Crippen LogP) is 3.35. The summed E-state index contributed by atoms with van der Waals surface area (Å²) < 4.78 is 3.49. The number of phenolic OH excluding ortho intramolecular Hbond substituents is 1. The van der Waals surface area contributed by atoms with E-state index in [-0.39, 0.29) is 11.3 Å². The van der Waals surface area contributed by atoms with Crippen LogP contribution < -0.4 is 10.9 Å². The highest BCUT2D eigenvalue weighted by Gasteiger charge is 2.16. The fraction of sp³-hybridized carbons (Fsp3) is 0.143. The summed E-state index contributed by atoms with van der Waals surface area (Å²) in [5, 5.41) is 14.1. The SMILES string of the molecule is Cc1c(NCc2ccc(O)c3ncccc23)c(=O)n(-c2ccccc2)n1C. The minimum absolute atomic E-state index is 0.0950. The molecule has 27 heavy (non-hydrogen) atoms. The van der Waals surface area contributed by atoms with Crippen molar-refractivity contribution in [2.75, 3.05) is 5.32 Å². The van der Waals surface area contributed by atoms with Gasteiger partial charge in [-0.25, -0.2) is 4.68 Å². The minimum atomic E-state index is -0.0950. The fourth-order valence-electron chi connectivity index (χ4n) is 3.33. The van der Waals surface area contributed by atoms with E-state index in [0.29, 0.717) is 17.7 Å². The lowest BCUT2D eigenvalue weighted by Crippen LogP contribution is -2.21. The van der Waals surface area contributed by atoms with Crippen molar-refractivity contribution in [2.24, 2.45) is 7.05 Å². The van der Waals surface area contributed by atoms with Gasteiger partial charge in [-0.3, -0.25) is 14.5 Å². The summed E-state index contributed by atoms with van der Waals surface area (Å²) >= 11 is 0. The van der Waals surface area contributed by atoms with Crippen LogP contribution in [0.1, 0.15) is 11.3 Å². The van der Waals surface area contributed by atoms with Crippen molar-refractivity contribution < 1.29 is 5.11 Å². The molecule has 4 aromatic rings. The van der Waals surface area contributed by atoms with Crippen LogP contribution in [0.2, 0.25) is 0 Å². The topological polar surface area (TPSA) is 72.1 Å². The Labute approximate surface area is 156 Å². The molecule has 0 bridgehead atoms. The number of benzene rings is 2. The van der Waals surface area contributed by atoms with Crippen molar-refractivity contribution in [2.45, 2.75) is 13.5 Å². The molecule has 2 aromatic heterocycles. The first-order chi connectivity index (χ1) is 13.1. The second-order valence-electron chi connectivity index (χ2n) is 6.43. The highest BCUT2D eigenvalue weighted by molar-refractivity contribution is 5.87. The lowest BCUT2D eigenvalue weighted by molar-refractivity contribution is 0.480. The number of aromatic nitrogens is 3. The van der Waals surface area contributed by atoms with Crippen LogP contribution in [-0.2, 0) is 13.6 Å². The molecule has 0 aliphatic heterocycles. The molecule has 0 spiro atoms. The molecule has 0 aliphatic rings. The third kappa shape index (κ3) is 2.85. The van der Waals surface area contributed by atoms with Gasteiger partial charge in [-0.15, -0.1) is 0 Å². The van der Waals surface area contributed by atoms with E-state index in [1.165, 1.54) is 0 Å². The predicted molar refractivity (Wildman–Crippen MR) is 106 cm³/mol. The Kier molecular flexibility index (Phi) is 4.16. The van der Waals surface area contributed by atoms with E-state index < -0.39 is 0 Å². The summed E-state index contributed by atoms with van der Waals surface area (Å²) in [5.41, 5.74) is 3.66. The van der Waals surface area contributed by atoms with Gasteiger partial charge in [0.15, 0.2) is 0 Å². The fourth-order valence-corrected chi connectivity index (χ4v) is 3.33. The van der Waals surface area contributed by atoms with Gasteiger partial charge in [0, 0.05) is 25.2 Å². The average Bonchev–Trinajstić information content (AvgIpc) is 2.91. The summed E-state index contributed by atoms with van der Waals surface area (Å²) in [5.74, 6) is 0.150. The van der Waals surface area contributed by atoms with E-state index >= 15 is 0 Å². The van der Waals surface area contributed by atoms with Crippen LogP contribution in [-0.4, -0.2) is 19.5 Å². The number of phenols is 1. The first-order valence-electron chi connectivity index (χ1n) is 8.71. The van der Waals surface area contributed by atoms with Crippen LogP contribution in [0.3, 0.4) is 0 Å². The molecule has 2 aromatic carbocycles. The van der Waals surface area contributed by atoms with Crippen LogP contribution in [0.15, 0.2) is 65.6 Å². The zero-order valence-corrected chi connectivity index (χ0v) is 15.2. The van der Waals surface area contributed by atoms with Gasteiger partial charge >= 0.3 is 0 Å². The molecule has 2 N–H and O–H groups in total. The number of pyridine rings is 1. The maximum Gasteiger partial charge on any atom is 0.295 e. The van der Waals surface area contributed by atoms with E-state index in [1.807, 2.05) is 67.2 Å². The summed E-state index contributed by atoms with van der Waals surface area (Å²) in [6, 6.07) is 16.8. The zero-order chi connectivity index (χ0) is 19.0. The van der Waals surface area contributed by atoms with Crippen molar-refractivity contribution >= 4 is 16.6 Å². The van der Waals surface area contributed by atoms with E-state index in [4.69, 9.17) is 0 Å². The van der Waals surface area contributed by atoms with Crippen LogP contribution in [0.5, 0.6) is 5.75 Å².